The van der Waals surface area contributed by atoms with Gasteiger partial charge in [-0.25, -0.2) is 0 Å². The van der Waals surface area contributed by atoms with Gasteiger partial charge in [-0.05, 0) is 29.9 Å². The second kappa shape index (κ2) is 6.70. The first kappa shape index (κ1) is 14.1. The van der Waals surface area contributed by atoms with Crippen LogP contribution in [0.3, 0.4) is 0 Å². The Hall–Kier alpha value is -0.900. The van der Waals surface area contributed by atoms with Gasteiger partial charge in [0.1, 0.15) is 0 Å². The monoisotopic (exact) mass is 274 g/mol. The third-order valence-corrected chi connectivity index (χ3v) is 4.78. The molecule has 3 rings (SSSR count). The molecule has 1 aromatic carbocycles. The van der Waals surface area contributed by atoms with Crippen molar-refractivity contribution in [2.75, 3.05) is 20.2 Å². The number of ether oxygens (including phenoxy) is 1. The molecule has 1 heterocycles. The molecule has 20 heavy (non-hydrogen) atoms. The highest BCUT2D eigenvalue weighted by Crippen LogP contribution is 2.32. The van der Waals surface area contributed by atoms with E-state index in [9.17, 15) is 0 Å². The van der Waals surface area contributed by atoms with Crippen molar-refractivity contribution < 1.29 is 4.74 Å². The molecule has 0 radical (unpaired) electrons. The molecule has 1 aliphatic carbocycles. The topological polar surface area (TPSA) is 33.3 Å². The highest BCUT2D eigenvalue weighted by atomic mass is 16.5. The smallest absolute Gasteiger partial charge is 0.0837 e. The molecular formula is C17H26N2O. The third kappa shape index (κ3) is 3.22. The number of hydrogen-bond acceptors (Lipinski definition) is 3. The van der Waals surface area contributed by atoms with Crippen LogP contribution in [0, 0.1) is 0 Å². The summed E-state index contributed by atoms with van der Waals surface area (Å²) >= 11 is 0. The summed E-state index contributed by atoms with van der Waals surface area (Å²) < 4.78 is 5.35. The Morgan fingerprint density at radius 1 is 0.900 bits per heavy atom. The Morgan fingerprint density at radius 2 is 1.50 bits per heavy atom. The minimum Gasteiger partial charge on any atom is -0.379 e. The van der Waals surface area contributed by atoms with Crippen molar-refractivity contribution in [1.29, 1.82) is 0 Å². The van der Waals surface area contributed by atoms with Crippen LogP contribution < -0.4 is 10.6 Å². The van der Waals surface area contributed by atoms with Crippen LogP contribution in [0.2, 0.25) is 0 Å². The van der Waals surface area contributed by atoms with E-state index in [0.29, 0.717) is 0 Å². The molecule has 0 aromatic heterocycles. The maximum Gasteiger partial charge on any atom is 0.0837 e. The largest absolute Gasteiger partial charge is 0.379 e. The van der Waals surface area contributed by atoms with Crippen molar-refractivity contribution in [3.8, 4) is 0 Å². The average molecular weight is 274 g/mol. The van der Waals surface area contributed by atoms with Gasteiger partial charge in [0, 0.05) is 20.2 Å². The van der Waals surface area contributed by atoms with Crippen LogP contribution in [0.1, 0.15) is 55.3 Å². The molecule has 110 valence electrons. The summed E-state index contributed by atoms with van der Waals surface area (Å²) in [5.41, 5.74) is 2.86. The summed E-state index contributed by atoms with van der Waals surface area (Å²) in [6, 6.07) is 9.22. The lowest BCUT2D eigenvalue weighted by molar-refractivity contribution is 0.0742. The summed E-state index contributed by atoms with van der Waals surface area (Å²) in [6.07, 6.45) is 7.51. The number of rotatable bonds is 3. The molecule has 3 heteroatoms. The molecule has 2 aliphatic rings. The molecular weight excluding hydrogens is 248 g/mol. The summed E-state index contributed by atoms with van der Waals surface area (Å²) in [7, 11) is 1.77. The van der Waals surface area contributed by atoms with Crippen LogP contribution in [-0.2, 0) is 4.74 Å². The Labute approximate surface area is 122 Å². The first-order valence-electron chi connectivity index (χ1n) is 7.96. The van der Waals surface area contributed by atoms with E-state index in [1.165, 1.54) is 43.2 Å². The minimum absolute atomic E-state index is 0.266. The van der Waals surface area contributed by atoms with Gasteiger partial charge in [0.25, 0.3) is 0 Å². The maximum absolute atomic E-state index is 5.35. The van der Waals surface area contributed by atoms with E-state index in [4.69, 9.17) is 4.74 Å². The van der Waals surface area contributed by atoms with Gasteiger partial charge < -0.3 is 4.74 Å². The lowest BCUT2D eigenvalue weighted by Crippen LogP contribution is -2.50. The van der Waals surface area contributed by atoms with Gasteiger partial charge in [-0.15, -0.1) is 0 Å². The molecule has 0 unspecified atom stereocenters. The lowest BCUT2D eigenvalue weighted by Gasteiger charge is -2.31. The van der Waals surface area contributed by atoms with Crippen LogP contribution in [-0.4, -0.2) is 26.3 Å². The van der Waals surface area contributed by atoms with Gasteiger partial charge in [-0.2, -0.15) is 0 Å². The zero-order valence-corrected chi connectivity index (χ0v) is 12.4. The maximum atomic E-state index is 5.35. The van der Waals surface area contributed by atoms with Crippen molar-refractivity contribution in [3.05, 3.63) is 35.4 Å². The van der Waals surface area contributed by atoms with Crippen LogP contribution in [0.15, 0.2) is 24.3 Å². The van der Waals surface area contributed by atoms with Crippen molar-refractivity contribution in [2.24, 2.45) is 0 Å². The molecule has 0 bridgehead atoms. The van der Waals surface area contributed by atoms with E-state index in [-0.39, 0.29) is 12.3 Å². The molecule has 2 fully saturated rings. The predicted molar refractivity (Wildman–Crippen MR) is 81.8 cm³/mol. The molecule has 0 amide bonds. The fourth-order valence-electron chi connectivity index (χ4n) is 3.44. The van der Waals surface area contributed by atoms with E-state index in [2.05, 4.69) is 34.9 Å². The highest BCUT2D eigenvalue weighted by Gasteiger charge is 2.21. The van der Waals surface area contributed by atoms with Crippen LogP contribution in [0.5, 0.6) is 0 Å². The minimum atomic E-state index is 0.266. The molecule has 2 N–H and O–H groups in total. The van der Waals surface area contributed by atoms with Crippen LogP contribution >= 0.6 is 0 Å². The van der Waals surface area contributed by atoms with Crippen molar-refractivity contribution in [3.63, 3.8) is 0 Å². The third-order valence-electron chi connectivity index (χ3n) is 4.78. The summed E-state index contributed by atoms with van der Waals surface area (Å²) in [5.74, 6) is 0.794. The van der Waals surface area contributed by atoms with Crippen molar-refractivity contribution in [1.82, 2.24) is 10.6 Å². The second-order valence-corrected chi connectivity index (χ2v) is 6.11. The van der Waals surface area contributed by atoms with Crippen molar-refractivity contribution in [2.45, 2.75) is 50.3 Å². The summed E-state index contributed by atoms with van der Waals surface area (Å²) in [4.78, 5) is 0. The molecule has 1 aliphatic heterocycles. The summed E-state index contributed by atoms with van der Waals surface area (Å²) in [5, 5.41) is 7.00. The fourth-order valence-corrected chi connectivity index (χ4v) is 3.44. The first-order chi connectivity index (χ1) is 9.86. The van der Waals surface area contributed by atoms with Gasteiger partial charge in [0.15, 0.2) is 0 Å². The van der Waals surface area contributed by atoms with E-state index >= 15 is 0 Å². The second-order valence-electron chi connectivity index (χ2n) is 6.11. The first-order valence-corrected chi connectivity index (χ1v) is 7.96. The average Bonchev–Trinajstić information content (AvgIpc) is 2.56. The lowest BCUT2D eigenvalue weighted by atomic mass is 9.84. The van der Waals surface area contributed by atoms with Gasteiger partial charge in [-0.1, -0.05) is 43.5 Å². The Balaban J connectivity index is 1.61. The van der Waals surface area contributed by atoms with Gasteiger partial charge in [0.2, 0.25) is 0 Å². The quantitative estimate of drug-likeness (QED) is 0.889. The Kier molecular flexibility index (Phi) is 4.71. The zero-order chi connectivity index (χ0) is 13.8. The van der Waals surface area contributed by atoms with E-state index in [1.54, 1.807) is 7.11 Å². The predicted octanol–water partition coefficient (Wildman–Crippen LogP) is 2.94. The number of benzene rings is 1. The summed E-state index contributed by atoms with van der Waals surface area (Å²) in [6.45, 7) is 1.83. The number of nitrogens with one attached hydrogen (secondary N) is 2. The van der Waals surface area contributed by atoms with Gasteiger partial charge in [-0.3, -0.25) is 10.6 Å². The molecule has 1 saturated carbocycles. The molecule has 0 spiro atoms. The number of hydrogen-bond donors (Lipinski definition) is 2. The highest BCUT2D eigenvalue weighted by molar-refractivity contribution is 5.27. The van der Waals surface area contributed by atoms with E-state index in [0.717, 1.165) is 19.0 Å². The van der Waals surface area contributed by atoms with Gasteiger partial charge in [0.05, 0.1) is 12.3 Å². The Bertz CT molecular complexity index is 404. The molecule has 3 nitrogen and oxygen atoms in total. The van der Waals surface area contributed by atoms with Gasteiger partial charge >= 0.3 is 0 Å². The molecule has 1 saturated heterocycles. The standard InChI is InChI=1S/C17H26N2O/c1-20-16-11-18-17(19-12-16)15-9-7-14(8-10-15)13-5-3-2-4-6-13/h7-10,13,16-19H,2-6,11-12H2,1H3. The molecule has 0 atom stereocenters. The zero-order valence-electron chi connectivity index (χ0n) is 12.4. The normalized spacial score (nSPS) is 28.4. The molecule has 1 aromatic rings. The Morgan fingerprint density at radius 3 is 2.10 bits per heavy atom. The van der Waals surface area contributed by atoms with E-state index in [1.807, 2.05) is 0 Å². The van der Waals surface area contributed by atoms with Crippen LogP contribution in [0.25, 0.3) is 0 Å². The van der Waals surface area contributed by atoms with E-state index < -0.39 is 0 Å². The SMILES string of the molecule is COC1CNC(c2ccc(C3CCCCC3)cc2)NC1. The van der Waals surface area contributed by atoms with Crippen molar-refractivity contribution >= 4 is 0 Å². The fraction of sp³-hybridized carbons (Fsp3) is 0.647. The van der Waals surface area contributed by atoms with Crippen LogP contribution in [0.4, 0.5) is 0 Å². The number of methoxy groups -OCH3 is 1.